The molecule has 8 heteroatoms. The molecule has 0 spiro atoms. The molecule has 1 heterocycles. The normalized spacial score (nSPS) is 10.3. The summed E-state index contributed by atoms with van der Waals surface area (Å²) in [6, 6.07) is 11.7. The summed E-state index contributed by atoms with van der Waals surface area (Å²) < 4.78 is 31.2. The van der Waals surface area contributed by atoms with Gasteiger partial charge >= 0.3 is 6.03 Å². The average molecular weight is 370 g/mol. The summed E-state index contributed by atoms with van der Waals surface area (Å²) in [6.07, 6.45) is 1.41. The van der Waals surface area contributed by atoms with Crippen LogP contribution in [0.15, 0.2) is 54.9 Å². The lowest BCUT2D eigenvalue weighted by atomic mass is 10.1. The number of halogens is 2. The van der Waals surface area contributed by atoms with Gasteiger partial charge in [-0.2, -0.15) is 0 Å². The number of urea groups is 1. The molecule has 0 bridgehead atoms. The van der Waals surface area contributed by atoms with E-state index in [9.17, 15) is 13.6 Å². The molecule has 0 unspecified atom stereocenters. The number of benzene rings is 2. The van der Waals surface area contributed by atoms with Gasteiger partial charge in [0, 0.05) is 17.3 Å². The van der Waals surface area contributed by atoms with Crippen molar-refractivity contribution in [3.63, 3.8) is 0 Å². The number of methoxy groups -OCH3 is 1. The average Bonchev–Trinajstić information content (AvgIpc) is 2.69. The Morgan fingerprint density at radius 1 is 1.04 bits per heavy atom. The molecule has 6 nitrogen and oxygen atoms in total. The summed E-state index contributed by atoms with van der Waals surface area (Å²) in [5.41, 5.74) is 2.32. The number of hydrogen-bond acceptors (Lipinski definition) is 4. The second-order valence-electron chi connectivity index (χ2n) is 5.56. The van der Waals surface area contributed by atoms with Gasteiger partial charge in [-0.25, -0.2) is 23.5 Å². The molecule has 0 aliphatic carbocycles. The predicted molar refractivity (Wildman–Crippen MR) is 96.2 cm³/mol. The summed E-state index contributed by atoms with van der Waals surface area (Å²) in [5, 5.41) is 5.03. The fourth-order valence-electron chi connectivity index (χ4n) is 2.33. The minimum atomic E-state index is -1.03. The third-order valence-electron chi connectivity index (χ3n) is 3.72. The number of nitrogens with one attached hydrogen (secondary N) is 2. The highest BCUT2D eigenvalue weighted by molar-refractivity contribution is 5.89. The first-order valence-corrected chi connectivity index (χ1v) is 8.00. The number of aromatic nitrogens is 2. The third-order valence-corrected chi connectivity index (χ3v) is 3.72. The van der Waals surface area contributed by atoms with Crippen LogP contribution in [-0.2, 0) is 6.54 Å². The lowest BCUT2D eigenvalue weighted by molar-refractivity contribution is 0.251. The van der Waals surface area contributed by atoms with Gasteiger partial charge in [-0.15, -0.1) is 0 Å². The highest BCUT2D eigenvalue weighted by atomic mass is 19.2. The van der Waals surface area contributed by atoms with E-state index >= 15 is 0 Å². The van der Waals surface area contributed by atoms with E-state index in [1.807, 2.05) is 24.3 Å². The Morgan fingerprint density at radius 3 is 2.52 bits per heavy atom. The number of ether oxygens (including phenoxy) is 1. The quantitative estimate of drug-likeness (QED) is 0.717. The predicted octanol–water partition coefficient (Wildman–Crippen LogP) is 3.75. The van der Waals surface area contributed by atoms with Crippen molar-refractivity contribution in [1.29, 1.82) is 0 Å². The molecule has 0 atom stereocenters. The monoisotopic (exact) mass is 370 g/mol. The lowest BCUT2D eigenvalue weighted by Gasteiger charge is -2.08. The minimum absolute atomic E-state index is 0.140. The molecule has 0 aliphatic heterocycles. The second kappa shape index (κ2) is 8.22. The standard InChI is InChI=1S/C19H16F2N4O2/c1-27-15-5-2-12(3-6-15)18-9-14(23-11-24-18)10-22-19(26)25-13-4-7-16(20)17(21)8-13/h2-9,11H,10H2,1H3,(H2,22,25,26). The van der Waals surface area contributed by atoms with Crippen molar-refractivity contribution in [2.75, 3.05) is 12.4 Å². The first-order chi connectivity index (χ1) is 13.0. The molecule has 27 heavy (non-hydrogen) atoms. The summed E-state index contributed by atoms with van der Waals surface area (Å²) in [4.78, 5) is 20.2. The van der Waals surface area contributed by atoms with Crippen molar-refractivity contribution >= 4 is 11.7 Å². The zero-order valence-corrected chi connectivity index (χ0v) is 14.4. The molecular formula is C19H16F2N4O2. The first kappa shape index (κ1) is 18.2. The van der Waals surface area contributed by atoms with Gasteiger partial charge in [-0.3, -0.25) is 0 Å². The lowest BCUT2D eigenvalue weighted by Crippen LogP contribution is -2.28. The van der Waals surface area contributed by atoms with E-state index in [2.05, 4.69) is 20.6 Å². The Kier molecular flexibility index (Phi) is 5.55. The molecule has 0 saturated heterocycles. The molecule has 0 aliphatic rings. The van der Waals surface area contributed by atoms with Crippen molar-refractivity contribution in [1.82, 2.24) is 15.3 Å². The zero-order chi connectivity index (χ0) is 19.2. The van der Waals surface area contributed by atoms with Gasteiger partial charge in [0.25, 0.3) is 0 Å². The van der Waals surface area contributed by atoms with Crippen molar-refractivity contribution in [3.05, 3.63) is 72.2 Å². The number of rotatable bonds is 5. The van der Waals surface area contributed by atoms with Gasteiger partial charge in [-0.05, 0) is 42.5 Å². The van der Waals surface area contributed by atoms with Crippen molar-refractivity contribution in [2.45, 2.75) is 6.54 Å². The van der Waals surface area contributed by atoms with Crippen molar-refractivity contribution in [2.24, 2.45) is 0 Å². The van der Waals surface area contributed by atoms with E-state index in [0.717, 1.165) is 23.4 Å². The molecule has 1 aromatic heterocycles. The van der Waals surface area contributed by atoms with Crippen LogP contribution in [0.1, 0.15) is 5.69 Å². The highest BCUT2D eigenvalue weighted by Gasteiger charge is 2.07. The second-order valence-corrected chi connectivity index (χ2v) is 5.56. The largest absolute Gasteiger partial charge is 0.497 e. The summed E-state index contributed by atoms with van der Waals surface area (Å²) in [7, 11) is 1.59. The molecule has 3 rings (SSSR count). The summed E-state index contributed by atoms with van der Waals surface area (Å²) in [6.45, 7) is 0.140. The molecular weight excluding hydrogens is 354 g/mol. The van der Waals surface area contributed by atoms with Crippen molar-refractivity contribution < 1.29 is 18.3 Å². The topological polar surface area (TPSA) is 76.1 Å². The van der Waals surface area contributed by atoms with Gasteiger partial charge in [0.2, 0.25) is 0 Å². The molecule has 0 radical (unpaired) electrons. The van der Waals surface area contributed by atoms with Crippen LogP contribution < -0.4 is 15.4 Å². The van der Waals surface area contributed by atoms with Crippen LogP contribution in [0.25, 0.3) is 11.3 Å². The van der Waals surface area contributed by atoms with Crippen LogP contribution in [0, 0.1) is 11.6 Å². The smallest absolute Gasteiger partial charge is 0.319 e. The Morgan fingerprint density at radius 2 is 1.81 bits per heavy atom. The van der Waals surface area contributed by atoms with E-state index in [1.54, 1.807) is 13.2 Å². The number of nitrogens with zero attached hydrogens (tertiary/aromatic N) is 2. The number of hydrogen-bond donors (Lipinski definition) is 2. The number of carbonyl (C=O) groups is 1. The molecule has 3 aromatic rings. The molecule has 2 N–H and O–H groups in total. The van der Waals surface area contributed by atoms with Crippen LogP contribution in [0.2, 0.25) is 0 Å². The molecule has 138 valence electrons. The number of carbonyl (C=O) groups excluding carboxylic acids is 1. The van der Waals surface area contributed by atoms with Crippen LogP contribution >= 0.6 is 0 Å². The van der Waals surface area contributed by atoms with E-state index in [-0.39, 0.29) is 12.2 Å². The summed E-state index contributed by atoms with van der Waals surface area (Å²) >= 11 is 0. The molecule has 0 fully saturated rings. The van der Waals surface area contributed by atoms with Gasteiger partial charge in [-0.1, -0.05) is 0 Å². The molecule has 2 aromatic carbocycles. The maximum absolute atomic E-state index is 13.2. The Balaban J connectivity index is 1.62. The maximum Gasteiger partial charge on any atom is 0.319 e. The number of anilines is 1. The van der Waals surface area contributed by atoms with Crippen LogP contribution in [-0.4, -0.2) is 23.1 Å². The third kappa shape index (κ3) is 4.75. The molecule has 2 amide bonds. The Hall–Kier alpha value is -3.55. The van der Waals surface area contributed by atoms with Gasteiger partial charge < -0.3 is 15.4 Å². The molecule has 0 saturated carbocycles. The van der Waals surface area contributed by atoms with E-state index in [1.165, 1.54) is 12.4 Å². The maximum atomic E-state index is 13.2. The number of amides is 2. The van der Waals surface area contributed by atoms with Gasteiger partial charge in [0.15, 0.2) is 11.6 Å². The Labute approximate surface area is 154 Å². The van der Waals surface area contributed by atoms with Crippen molar-refractivity contribution in [3.8, 4) is 17.0 Å². The minimum Gasteiger partial charge on any atom is -0.497 e. The first-order valence-electron chi connectivity index (χ1n) is 8.00. The SMILES string of the molecule is COc1ccc(-c2cc(CNC(=O)Nc3ccc(F)c(F)c3)ncn2)cc1. The van der Waals surface area contributed by atoms with Gasteiger partial charge in [0.05, 0.1) is 25.0 Å². The fourth-order valence-corrected chi connectivity index (χ4v) is 2.33. The summed E-state index contributed by atoms with van der Waals surface area (Å²) in [5.74, 6) is -1.27. The van der Waals surface area contributed by atoms with Crippen LogP contribution in [0.4, 0.5) is 19.3 Å². The fraction of sp³-hybridized carbons (Fsp3) is 0.105. The van der Waals surface area contributed by atoms with E-state index < -0.39 is 17.7 Å². The zero-order valence-electron chi connectivity index (χ0n) is 14.4. The van der Waals surface area contributed by atoms with Gasteiger partial charge in [0.1, 0.15) is 12.1 Å². The Bertz CT molecular complexity index is 949. The van der Waals surface area contributed by atoms with Crippen LogP contribution in [0.3, 0.4) is 0 Å². The van der Waals surface area contributed by atoms with E-state index in [0.29, 0.717) is 11.4 Å². The van der Waals surface area contributed by atoms with Crippen LogP contribution in [0.5, 0.6) is 5.75 Å². The van der Waals surface area contributed by atoms with E-state index in [4.69, 9.17) is 4.74 Å². The highest BCUT2D eigenvalue weighted by Crippen LogP contribution is 2.20.